The predicted molar refractivity (Wildman–Crippen MR) is 148 cm³/mol. The van der Waals surface area contributed by atoms with Gasteiger partial charge in [0.2, 0.25) is 11.1 Å². The van der Waals surface area contributed by atoms with Crippen molar-refractivity contribution in [2.45, 2.75) is 17.3 Å². The van der Waals surface area contributed by atoms with E-state index in [0.717, 1.165) is 33.7 Å². The molecule has 194 valence electrons. The molecule has 0 saturated heterocycles. The lowest BCUT2D eigenvalue weighted by molar-refractivity contribution is 0.222. The maximum atomic E-state index is 6.72. The summed E-state index contributed by atoms with van der Waals surface area (Å²) in [6, 6.07) is 19.1. The van der Waals surface area contributed by atoms with Crippen LogP contribution in [0.3, 0.4) is 0 Å². The number of fused-ring (bicyclic) bond motifs is 3. The number of thioether (sulfide) groups is 1. The Morgan fingerprint density at radius 1 is 0.921 bits per heavy atom. The first-order valence-corrected chi connectivity index (χ1v) is 13.5. The number of aromatic nitrogens is 3. The molecular formula is C28H25ClN4O4S. The van der Waals surface area contributed by atoms with Gasteiger partial charge in [-0.05, 0) is 54.3 Å². The number of halogens is 1. The number of benzene rings is 3. The molecule has 0 amide bonds. The molecule has 0 bridgehead atoms. The van der Waals surface area contributed by atoms with E-state index in [1.807, 2.05) is 71.6 Å². The molecule has 2 aliphatic rings. The summed E-state index contributed by atoms with van der Waals surface area (Å²) in [6.07, 6.45) is 1.50. The number of methoxy groups -OCH3 is 3. The van der Waals surface area contributed by atoms with E-state index in [2.05, 4.69) is 5.32 Å². The van der Waals surface area contributed by atoms with Crippen molar-refractivity contribution in [3.8, 4) is 23.0 Å². The molecule has 0 fully saturated rings. The van der Waals surface area contributed by atoms with Crippen LogP contribution in [0.25, 0.3) is 5.70 Å². The van der Waals surface area contributed by atoms with Gasteiger partial charge < -0.3 is 24.3 Å². The van der Waals surface area contributed by atoms with Crippen molar-refractivity contribution >= 4 is 35.0 Å². The van der Waals surface area contributed by atoms with Crippen LogP contribution in [0.2, 0.25) is 5.02 Å². The third kappa shape index (κ3) is 4.02. The van der Waals surface area contributed by atoms with Gasteiger partial charge in [-0.2, -0.15) is 4.98 Å². The molecule has 1 N–H and O–H groups in total. The van der Waals surface area contributed by atoms with Crippen molar-refractivity contribution in [1.29, 1.82) is 0 Å². The van der Waals surface area contributed by atoms with E-state index in [1.165, 1.54) is 11.8 Å². The Bertz CT molecular complexity index is 1550. The lowest BCUT2D eigenvalue weighted by atomic mass is 9.84. The van der Waals surface area contributed by atoms with Crippen LogP contribution in [-0.4, -0.2) is 42.3 Å². The summed E-state index contributed by atoms with van der Waals surface area (Å²) in [5.74, 6) is 3.40. The number of nitrogens with zero attached hydrogens (tertiary/aromatic N) is 3. The number of hydrogen-bond donors (Lipinski definition) is 1. The standard InChI is InChI=1S/C28H25ClN4O4S/c1-34-18-9-5-15(6-10-18)25-23-24(30-27-31-28(38-4)32-33(25)27)19-14-17(29)8-12-20(19)37-26(23)16-7-11-21(35-2)22(13-16)36-3/h5-14,25-26H,1-4H3,(H,30,31,32). The minimum atomic E-state index is -0.465. The average Bonchev–Trinajstić information content (AvgIpc) is 3.38. The van der Waals surface area contributed by atoms with Crippen LogP contribution in [0, 0.1) is 0 Å². The highest BCUT2D eigenvalue weighted by molar-refractivity contribution is 7.98. The van der Waals surface area contributed by atoms with Crippen molar-refractivity contribution in [2.75, 3.05) is 32.9 Å². The van der Waals surface area contributed by atoms with Crippen molar-refractivity contribution in [2.24, 2.45) is 0 Å². The van der Waals surface area contributed by atoms with E-state index in [0.29, 0.717) is 33.4 Å². The first kappa shape index (κ1) is 24.5. The van der Waals surface area contributed by atoms with Crippen molar-refractivity contribution in [3.63, 3.8) is 0 Å². The fourth-order valence-electron chi connectivity index (χ4n) is 4.97. The molecule has 0 saturated carbocycles. The van der Waals surface area contributed by atoms with Crippen LogP contribution >= 0.6 is 23.4 Å². The first-order chi connectivity index (χ1) is 18.5. The van der Waals surface area contributed by atoms with Gasteiger partial charge in [0, 0.05) is 21.7 Å². The highest BCUT2D eigenvalue weighted by atomic mass is 35.5. The van der Waals surface area contributed by atoms with E-state index in [1.54, 1.807) is 21.3 Å². The van der Waals surface area contributed by atoms with E-state index < -0.39 is 6.10 Å². The lowest BCUT2D eigenvalue weighted by Crippen LogP contribution is -2.32. The Morgan fingerprint density at radius 3 is 2.39 bits per heavy atom. The summed E-state index contributed by atoms with van der Waals surface area (Å²) in [6.45, 7) is 0. The molecule has 1 aromatic heterocycles. The maximum Gasteiger partial charge on any atom is 0.227 e. The largest absolute Gasteiger partial charge is 0.497 e. The van der Waals surface area contributed by atoms with Gasteiger partial charge in [-0.1, -0.05) is 41.6 Å². The van der Waals surface area contributed by atoms with Gasteiger partial charge in [-0.25, -0.2) is 4.68 Å². The number of rotatable bonds is 6. The van der Waals surface area contributed by atoms with Gasteiger partial charge in [0.1, 0.15) is 23.6 Å². The molecule has 3 aromatic carbocycles. The molecular weight excluding hydrogens is 524 g/mol. The zero-order chi connectivity index (χ0) is 26.4. The van der Waals surface area contributed by atoms with Crippen LogP contribution < -0.4 is 24.3 Å². The van der Waals surface area contributed by atoms with Gasteiger partial charge in [0.25, 0.3) is 0 Å². The fourth-order valence-corrected chi connectivity index (χ4v) is 5.49. The SMILES string of the molecule is COc1ccc(C2C3=C(Nc4nc(SC)nn42)c2cc(Cl)ccc2OC3c2ccc(OC)c(OC)c2)cc1. The summed E-state index contributed by atoms with van der Waals surface area (Å²) in [5.41, 5.74) is 4.65. The molecule has 8 nitrogen and oxygen atoms in total. The smallest absolute Gasteiger partial charge is 0.227 e. The number of hydrogen-bond acceptors (Lipinski definition) is 8. The molecule has 0 radical (unpaired) electrons. The lowest BCUT2D eigenvalue weighted by Gasteiger charge is -2.39. The third-order valence-electron chi connectivity index (χ3n) is 6.74. The molecule has 3 heterocycles. The van der Waals surface area contributed by atoms with Crippen molar-refractivity contribution in [1.82, 2.24) is 14.8 Å². The molecule has 2 unspecified atom stereocenters. The van der Waals surface area contributed by atoms with Gasteiger partial charge in [-0.3, -0.25) is 0 Å². The van der Waals surface area contributed by atoms with Gasteiger partial charge in [0.15, 0.2) is 11.5 Å². The monoisotopic (exact) mass is 548 g/mol. The summed E-state index contributed by atoms with van der Waals surface area (Å²) < 4.78 is 25.2. The Morgan fingerprint density at radius 2 is 1.68 bits per heavy atom. The zero-order valence-electron chi connectivity index (χ0n) is 21.2. The second-order valence-corrected chi connectivity index (χ2v) is 9.96. The molecule has 10 heteroatoms. The zero-order valence-corrected chi connectivity index (χ0v) is 22.8. The minimum absolute atomic E-state index is 0.314. The highest BCUT2D eigenvalue weighted by Crippen LogP contribution is 2.52. The Hall–Kier alpha value is -3.82. The fraction of sp³-hybridized carbons (Fsp3) is 0.214. The van der Waals surface area contributed by atoms with Crippen molar-refractivity contribution < 1.29 is 18.9 Å². The quantitative estimate of drug-likeness (QED) is 0.284. The molecule has 4 aromatic rings. The molecule has 38 heavy (non-hydrogen) atoms. The summed E-state index contributed by atoms with van der Waals surface area (Å²) in [4.78, 5) is 4.75. The maximum absolute atomic E-state index is 6.72. The van der Waals surface area contributed by atoms with Crippen LogP contribution in [0.5, 0.6) is 23.0 Å². The van der Waals surface area contributed by atoms with E-state index >= 15 is 0 Å². The average molecular weight is 549 g/mol. The van der Waals surface area contributed by atoms with Gasteiger partial charge >= 0.3 is 0 Å². The van der Waals surface area contributed by atoms with Crippen LogP contribution in [0.15, 0.2) is 71.4 Å². The molecule has 2 atom stereocenters. The molecule has 2 aliphatic heterocycles. The van der Waals surface area contributed by atoms with Crippen LogP contribution in [0.1, 0.15) is 28.8 Å². The number of ether oxygens (including phenoxy) is 4. The second-order valence-electron chi connectivity index (χ2n) is 8.75. The Labute approximate surface area is 229 Å². The summed E-state index contributed by atoms with van der Waals surface area (Å²) in [7, 11) is 4.90. The second kappa shape index (κ2) is 9.81. The molecule has 6 rings (SSSR count). The molecule has 0 aliphatic carbocycles. The van der Waals surface area contributed by atoms with E-state index in [4.69, 9.17) is 40.6 Å². The minimum Gasteiger partial charge on any atom is -0.497 e. The number of anilines is 1. The Balaban J connectivity index is 1.61. The summed E-state index contributed by atoms with van der Waals surface area (Å²) >= 11 is 7.95. The Kier molecular flexibility index (Phi) is 6.33. The normalized spacial score (nSPS) is 17.5. The topological polar surface area (TPSA) is 79.7 Å². The van der Waals surface area contributed by atoms with Crippen LogP contribution in [0.4, 0.5) is 5.95 Å². The van der Waals surface area contributed by atoms with E-state index in [9.17, 15) is 0 Å². The summed E-state index contributed by atoms with van der Waals surface area (Å²) in [5, 5.41) is 9.67. The first-order valence-electron chi connectivity index (χ1n) is 11.9. The van der Waals surface area contributed by atoms with E-state index in [-0.39, 0.29) is 6.04 Å². The predicted octanol–water partition coefficient (Wildman–Crippen LogP) is 6.24. The third-order valence-corrected chi connectivity index (χ3v) is 7.51. The van der Waals surface area contributed by atoms with Gasteiger partial charge in [-0.15, -0.1) is 5.10 Å². The molecule has 0 spiro atoms. The highest BCUT2D eigenvalue weighted by Gasteiger charge is 2.41. The number of nitrogens with one attached hydrogen (secondary N) is 1. The van der Waals surface area contributed by atoms with Crippen molar-refractivity contribution in [3.05, 3.63) is 87.9 Å². The van der Waals surface area contributed by atoms with Gasteiger partial charge in [0.05, 0.1) is 27.0 Å². The van der Waals surface area contributed by atoms with Crippen LogP contribution in [-0.2, 0) is 0 Å².